The van der Waals surface area contributed by atoms with E-state index in [0.29, 0.717) is 19.6 Å². The van der Waals surface area contributed by atoms with Gasteiger partial charge in [-0.2, -0.15) is 17.0 Å². The summed E-state index contributed by atoms with van der Waals surface area (Å²) in [5, 5.41) is 9.57. The Morgan fingerprint density at radius 3 is 2.60 bits per heavy atom. The molecule has 20 heavy (non-hydrogen) atoms. The first-order chi connectivity index (χ1) is 9.41. The monoisotopic (exact) mass is 298 g/mol. The Hall–Kier alpha value is -0.950. The summed E-state index contributed by atoms with van der Waals surface area (Å²) in [4.78, 5) is 0. The van der Waals surface area contributed by atoms with E-state index < -0.39 is 16.3 Å². The van der Waals surface area contributed by atoms with E-state index in [1.54, 1.807) is 14.0 Å². The summed E-state index contributed by atoms with van der Waals surface area (Å²) in [6.45, 7) is 2.96. The first-order valence-corrected chi connectivity index (χ1v) is 8.24. The standard InChI is InChI=1S/C14H22N2O3S/c1-12(17)14-8-9-16(11-14)20(18,19)15(2)10-13-6-4-3-5-7-13/h3-7,12,14,17H,8-11H2,1-2H3. The zero-order valence-electron chi connectivity index (χ0n) is 11.9. The van der Waals surface area contributed by atoms with Crippen molar-refractivity contribution in [2.45, 2.75) is 26.0 Å². The van der Waals surface area contributed by atoms with E-state index in [1.165, 1.54) is 8.61 Å². The van der Waals surface area contributed by atoms with Crippen molar-refractivity contribution in [1.82, 2.24) is 8.61 Å². The molecule has 1 aliphatic rings. The first-order valence-electron chi connectivity index (χ1n) is 6.84. The molecule has 0 radical (unpaired) electrons. The Bertz CT molecular complexity index is 531. The van der Waals surface area contributed by atoms with Crippen molar-refractivity contribution >= 4 is 10.2 Å². The predicted molar refractivity (Wildman–Crippen MR) is 78.2 cm³/mol. The summed E-state index contributed by atoms with van der Waals surface area (Å²) in [5.74, 6) is 0.0369. The molecule has 2 rings (SSSR count). The lowest BCUT2D eigenvalue weighted by Gasteiger charge is -2.24. The number of hydrogen-bond acceptors (Lipinski definition) is 3. The maximum Gasteiger partial charge on any atom is 0.282 e. The number of benzene rings is 1. The van der Waals surface area contributed by atoms with E-state index in [1.807, 2.05) is 30.3 Å². The molecule has 2 unspecified atom stereocenters. The van der Waals surface area contributed by atoms with Gasteiger partial charge in [0.1, 0.15) is 0 Å². The van der Waals surface area contributed by atoms with Gasteiger partial charge in [-0.3, -0.25) is 0 Å². The third-order valence-corrected chi connectivity index (χ3v) is 5.74. The van der Waals surface area contributed by atoms with Crippen molar-refractivity contribution < 1.29 is 13.5 Å². The molecule has 0 aliphatic carbocycles. The van der Waals surface area contributed by atoms with Crippen LogP contribution in [0.4, 0.5) is 0 Å². The third kappa shape index (κ3) is 3.38. The molecule has 1 N–H and O–H groups in total. The van der Waals surface area contributed by atoms with Gasteiger partial charge in [-0.15, -0.1) is 0 Å². The molecule has 1 saturated heterocycles. The molecular weight excluding hydrogens is 276 g/mol. The van der Waals surface area contributed by atoms with Gasteiger partial charge >= 0.3 is 0 Å². The summed E-state index contributed by atoms with van der Waals surface area (Å²) < 4.78 is 27.8. The third-order valence-electron chi connectivity index (χ3n) is 3.84. The Labute approximate surface area is 121 Å². The molecule has 0 saturated carbocycles. The summed E-state index contributed by atoms with van der Waals surface area (Å²) in [6, 6.07) is 9.53. The molecule has 0 aromatic heterocycles. The van der Waals surface area contributed by atoms with Gasteiger partial charge < -0.3 is 5.11 Å². The smallest absolute Gasteiger partial charge is 0.282 e. The van der Waals surface area contributed by atoms with Gasteiger partial charge in [-0.05, 0) is 24.8 Å². The van der Waals surface area contributed by atoms with Gasteiger partial charge in [-0.1, -0.05) is 30.3 Å². The van der Waals surface area contributed by atoms with E-state index in [-0.39, 0.29) is 5.92 Å². The van der Waals surface area contributed by atoms with Gasteiger partial charge in [0.05, 0.1) is 6.10 Å². The van der Waals surface area contributed by atoms with Crippen molar-refractivity contribution in [3.63, 3.8) is 0 Å². The van der Waals surface area contributed by atoms with E-state index in [4.69, 9.17) is 0 Å². The zero-order valence-corrected chi connectivity index (χ0v) is 12.8. The second kappa shape index (κ2) is 6.22. The minimum Gasteiger partial charge on any atom is -0.393 e. The Balaban J connectivity index is 2.03. The highest BCUT2D eigenvalue weighted by Crippen LogP contribution is 2.24. The molecule has 112 valence electrons. The molecule has 5 nitrogen and oxygen atoms in total. The van der Waals surface area contributed by atoms with Crippen LogP contribution in [0.5, 0.6) is 0 Å². The fourth-order valence-corrected chi connectivity index (χ4v) is 3.90. The van der Waals surface area contributed by atoms with Crippen LogP contribution in [0.3, 0.4) is 0 Å². The van der Waals surface area contributed by atoms with Crippen molar-refractivity contribution in [3.8, 4) is 0 Å². The molecule has 1 aliphatic heterocycles. The molecule has 2 atom stereocenters. The quantitative estimate of drug-likeness (QED) is 0.884. The van der Waals surface area contributed by atoms with Gasteiger partial charge in [0.15, 0.2) is 0 Å². The largest absolute Gasteiger partial charge is 0.393 e. The molecule has 0 spiro atoms. The fourth-order valence-electron chi connectivity index (χ4n) is 2.48. The van der Waals surface area contributed by atoms with Crippen molar-refractivity contribution in [2.75, 3.05) is 20.1 Å². The molecule has 1 aromatic rings. The minimum atomic E-state index is -3.45. The van der Waals surface area contributed by atoms with Gasteiger partial charge in [0.2, 0.25) is 0 Å². The van der Waals surface area contributed by atoms with E-state index >= 15 is 0 Å². The van der Waals surface area contributed by atoms with Crippen LogP contribution in [0.25, 0.3) is 0 Å². The van der Waals surface area contributed by atoms with Crippen LogP contribution in [-0.4, -0.2) is 48.4 Å². The fraction of sp³-hybridized carbons (Fsp3) is 0.571. The number of aliphatic hydroxyl groups is 1. The summed E-state index contributed by atoms with van der Waals surface area (Å²) >= 11 is 0. The van der Waals surface area contributed by atoms with Crippen LogP contribution in [0.1, 0.15) is 18.9 Å². The SMILES string of the molecule is CC(O)C1CCN(S(=O)(=O)N(C)Cc2ccccc2)C1. The highest BCUT2D eigenvalue weighted by atomic mass is 32.2. The predicted octanol–water partition coefficient (Wildman–Crippen LogP) is 1.07. The van der Waals surface area contributed by atoms with E-state index in [0.717, 1.165) is 12.0 Å². The molecule has 0 amide bonds. The van der Waals surface area contributed by atoms with Gasteiger partial charge in [0, 0.05) is 26.7 Å². The second-order valence-electron chi connectivity index (χ2n) is 5.40. The summed E-state index contributed by atoms with van der Waals surface area (Å²) in [5.41, 5.74) is 0.963. The lowest BCUT2D eigenvalue weighted by molar-refractivity contribution is 0.132. The normalized spacial score (nSPS) is 22.3. The Kier molecular flexibility index (Phi) is 4.80. The average molecular weight is 298 g/mol. The summed E-state index contributed by atoms with van der Waals surface area (Å²) in [6.07, 6.45) is 0.255. The highest BCUT2D eigenvalue weighted by molar-refractivity contribution is 7.86. The number of rotatable bonds is 5. The Morgan fingerprint density at radius 1 is 1.40 bits per heavy atom. The van der Waals surface area contributed by atoms with Crippen LogP contribution in [0.2, 0.25) is 0 Å². The number of aliphatic hydroxyl groups excluding tert-OH is 1. The zero-order chi connectivity index (χ0) is 14.8. The molecular formula is C14H22N2O3S. The lowest BCUT2D eigenvalue weighted by atomic mass is 10.0. The number of hydrogen-bond donors (Lipinski definition) is 1. The molecule has 1 heterocycles. The maximum atomic E-state index is 12.5. The molecule has 6 heteroatoms. The van der Waals surface area contributed by atoms with Crippen molar-refractivity contribution in [1.29, 1.82) is 0 Å². The van der Waals surface area contributed by atoms with Gasteiger partial charge in [-0.25, -0.2) is 0 Å². The van der Waals surface area contributed by atoms with Crippen LogP contribution in [0.15, 0.2) is 30.3 Å². The second-order valence-corrected chi connectivity index (χ2v) is 7.43. The topological polar surface area (TPSA) is 60.9 Å². The molecule has 1 aromatic carbocycles. The first kappa shape index (κ1) is 15.4. The lowest BCUT2D eigenvalue weighted by Crippen LogP contribution is -2.40. The van der Waals surface area contributed by atoms with E-state index in [2.05, 4.69) is 0 Å². The van der Waals surface area contributed by atoms with Gasteiger partial charge in [0.25, 0.3) is 10.2 Å². The van der Waals surface area contributed by atoms with Crippen LogP contribution >= 0.6 is 0 Å². The van der Waals surface area contributed by atoms with Crippen LogP contribution in [0, 0.1) is 5.92 Å². The van der Waals surface area contributed by atoms with Crippen LogP contribution in [-0.2, 0) is 16.8 Å². The molecule has 0 bridgehead atoms. The highest BCUT2D eigenvalue weighted by Gasteiger charge is 2.35. The molecule has 1 fully saturated rings. The van der Waals surface area contributed by atoms with E-state index in [9.17, 15) is 13.5 Å². The minimum absolute atomic E-state index is 0.0369. The average Bonchev–Trinajstić information content (AvgIpc) is 2.90. The Morgan fingerprint density at radius 2 is 2.05 bits per heavy atom. The maximum absolute atomic E-state index is 12.5. The van der Waals surface area contributed by atoms with Crippen LogP contribution < -0.4 is 0 Å². The number of nitrogens with zero attached hydrogens (tertiary/aromatic N) is 2. The van der Waals surface area contributed by atoms with Crippen molar-refractivity contribution in [3.05, 3.63) is 35.9 Å². The summed E-state index contributed by atoms with van der Waals surface area (Å²) in [7, 11) is -1.85. The van der Waals surface area contributed by atoms with Crippen molar-refractivity contribution in [2.24, 2.45) is 5.92 Å².